The van der Waals surface area contributed by atoms with E-state index in [1.54, 1.807) is 0 Å². The number of aliphatic carboxylic acids is 1. The molecule has 3 N–H and O–H groups in total. The van der Waals surface area contributed by atoms with E-state index in [-0.39, 0.29) is 0 Å². The van der Waals surface area contributed by atoms with E-state index in [1.807, 2.05) is 0 Å². The first-order valence-electron chi connectivity index (χ1n) is 5.35. The maximum absolute atomic E-state index is 10.8. The normalized spacial score (nSPS) is 35.0. The van der Waals surface area contributed by atoms with Gasteiger partial charge in [0.1, 0.15) is 5.92 Å². The van der Waals surface area contributed by atoms with Crippen molar-refractivity contribution in [3.63, 3.8) is 0 Å². The molecule has 0 saturated heterocycles. The maximum Gasteiger partial charge on any atom is 0.311 e. The minimum atomic E-state index is -1.74. The zero-order valence-electron chi connectivity index (χ0n) is 8.41. The van der Waals surface area contributed by atoms with Gasteiger partial charge in [0.05, 0.1) is 0 Å². The largest absolute Gasteiger partial charge is 0.481 e. The summed E-state index contributed by atoms with van der Waals surface area (Å²) in [7, 11) is 0. The van der Waals surface area contributed by atoms with Crippen LogP contribution in [-0.4, -0.2) is 27.6 Å². The lowest BCUT2D eigenvalue weighted by Gasteiger charge is -2.23. The number of aliphatic hydroxyl groups excluding tert-OH is 1. The summed E-state index contributed by atoms with van der Waals surface area (Å²) < 4.78 is 0. The summed E-state index contributed by atoms with van der Waals surface area (Å²) in [6.07, 6.45) is 5.06. The monoisotopic (exact) mass is 212 g/mol. The molecular weight excluding hydrogens is 196 g/mol. The van der Waals surface area contributed by atoms with Gasteiger partial charge in [0.25, 0.3) is 0 Å². The molecule has 0 aromatic carbocycles. The Kier molecular flexibility index (Phi) is 2.80. The van der Waals surface area contributed by atoms with E-state index in [9.17, 15) is 4.79 Å². The molecule has 0 aromatic heterocycles. The van der Waals surface area contributed by atoms with E-state index in [0.29, 0.717) is 24.2 Å². The zero-order valence-corrected chi connectivity index (χ0v) is 8.41. The van der Waals surface area contributed by atoms with Crippen molar-refractivity contribution in [3.8, 4) is 0 Å². The molecule has 0 heterocycles. The molecule has 0 aromatic rings. The zero-order chi connectivity index (χ0) is 11.0. The second-order valence-corrected chi connectivity index (χ2v) is 4.63. The topological polar surface area (TPSA) is 77.8 Å². The molecule has 2 rings (SSSR count). The molecule has 0 amide bonds. The highest BCUT2D eigenvalue weighted by Gasteiger charge is 2.39. The standard InChI is InChI=1S/C11H16O4/c12-10(13)9(11(14)15)5-8-4-6-1-2-7(8)3-6/h1-2,6-10,12-13H,3-5H2,(H,14,15). The Morgan fingerprint density at radius 3 is 2.47 bits per heavy atom. The fourth-order valence-corrected chi connectivity index (χ4v) is 2.84. The first-order valence-corrected chi connectivity index (χ1v) is 5.35. The molecule has 2 aliphatic carbocycles. The Hall–Kier alpha value is -0.870. The van der Waals surface area contributed by atoms with Gasteiger partial charge >= 0.3 is 5.97 Å². The Morgan fingerprint density at radius 1 is 1.33 bits per heavy atom. The van der Waals surface area contributed by atoms with Crippen LogP contribution in [0.4, 0.5) is 0 Å². The number of hydrogen-bond acceptors (Lipinski definition) is 3. The van der Waals surface area contributed by atoms with Crippen molar-refractivity contribution in [1.82, 2.24) is 0 Å². The fraction of sp³-hybridized carbons (Fsp3) is 0.727. The molecule has 2 aliphatic rings. The van der Waals surface area contributed by atoms with Crippen LogP contribution in [-0.2, 0) is 4.79 Å². The average Bonchev–Trinajstić information content (AvgIpc) is 2.73. The summed E-state index contributed by atoms with van der Waals surface area (Å²) in [6.45, 7) is 0. The summed E-state index contributed by atoms with van der Waals surface area (Å²) >= 11 is 0. The van der Waals surface area contributed by atoms with E-state index in [4.69, 9.17) is 15.3 Å². The lowest BCUT2D eigenvalue weighted by molar-refractivity contribution is -0.160. The van der Waals surface area contributed by atoms with Crippen molar-refractivity contribution in [2.75, 3.05) is 0 Å². The predicted octanol–water partition coefficient (Wildman–Crippen LogP) is 0.600. The number of hydrogen-bond donors (Lipinski definition) is 3. The van der Waals surface area contributed by atoms with E-state index in [1.165, 1.54) is 0 Å². The van der Waals surface area contributed by atoms with Crippen LogP contribution in [0.15, 0.2) is 12.2 Å². The number of allylic oxidation sites excluding steroid dienone is 2. The third-order valence-electron chi connectivity index (χ3n) is 3.65. The summed E-state index contributed by atoms with van der Waals surface area (Å²) in [5, 5.41) is 26.8. The highest BCUT2D eigenvalue weighted by atomic mass is 16.5. The van der Waals surface area contributed by atoms with E-state index < -0.39 is 18.2 Å². The van der Waals surface area contributed by atoms with Gasteiger partial charge in [0.15, 0.2) is 6.29 Å². The predicted molar refractivity (Wildman–Crippen MR) is 52.8 cm³/mol. The van der Waals surface area contributed by atoms with Crippen LogP contribution in [0.25, 0.3) is 0 Å². The molecule has 0 radical (unpaired) electrons. The molecule has 15 heavy (non-hydrogen) atoms. The molecule has 4 nitrogen and oxygen atoms in total. The van der Waals surface area contributed by atoms with Crippen LogP contribution in [0.3, 0.4) is 0 Å². The van der Waals surface area contributed by atoms with Crippen molar-refractivity contribution < 1.29 is 20.1 Å². The third-order valence-corrected chi connectivity index (χ3v) is 3.65. The lowest BCUT2D eigenvalue weighted by Crippen LogP contribution is -2.30. The molecule has 84 valence electrons. The van der Waals surface area contributed by atoms with Crippen LogP contribution < -0.4 is 0 Å². The van der Waals surface area contributed by atoms with Crippen LogP contribution in [0.2, 0.25) is 0 Å². The van der Waals surface area contributed by atoms with Gasteiger partial charge in [-0.3, -0.25) is 4.79 Å². The quantitative estimate of drug-likeness (QED) is 0.471. The van der Waals surface area contributed by atoms with Gasteiger partial charge in [0.2, 0.25) is 0 Å². The molecule has 4 atom stereocenters. The second-order valence-electron chi connectivity index (χ2n) is 4.63. The average molecular weight is 212 g/mol. The number of aliphatic hydroxyl groups is 2. The molecule has 1 saturated carbocycles. The minimum absolute atomic E-state index is 0.308. The van der Waals surface area contributed by atoms with E-state index in [2.05, 4.69) is 12.2 Å². The van der Waals surface area contributed by atoms with Gasteiger partial charge in [-0.2, -0.15) is 0 Å². The van der Waals surface area contributed by atoms with Gasteiger partial charge in [-0.1, -0.05) is 12.2 Å². The molecule has 2 bridgehead atoms. The summed E-state index contributed by atoms with van der Waals surface area (Å²) in [4.78, 5) is 10.8. The van der Waals surface area contributed by atoms with Gasteiger partial charge in [-0.25, -0.2) is 0 Å². The molecule has 4 unspecified atom stereocenters. The van der Waals surface area contributed by atoms with Gasteiger partial charge in [0, 0.05) is 0 Å². The SMILES string of the molecule is O=C(O)C(CC1CC2C=CC1C2)C(O)O. The first kappa shape index (κ1) is 10.6. The van der Waals surface area contributed by atoms with E-state index in [0.717, 1.165) is 12.8 Å². The van der Waals surface area contributed by atoms with Gasteiger partial charge < -0.3 is 15.3 Å². The van der Waals surface area contributed by atoms with Gasteiger partial charge in [-0.05, 0) is 37.0 Å². The minimum Gasteiger partial charge on any atom is -0.481 e. The molecule has 0 aliphatic heterocycles. The van der Waals surface area contributed by atoms with Gasteiger partial charge in [-0.15, -0.1) is 0 Å². The lowest BCUT2D eigenvalue weighted by atomic mass is 9.85. The molecule has 0 spiro atoms. The number of carbonyl (C=O) groups is 1. The number of carboxylic acids is 1. The summed E-state index contributed by atoms with van der Waals surface area (Å²) in [5.41, 5.74) is 0. The second kappa shape index (κ2) is 3.94. The van der Waals surface area contributed by atoms with Crippen LogP contribution >= 0.6 is 0 Å². The van der Waals surface area contributed by atoms with Crippen molar-refractivity contribution in [2.24, 2.45) is 23.7 Å². The number of rotatable bonds is 4. The molecule has 1 fully saturated rings. The maximum atomic E-state index is 10.8. The summed E-state index contributed by atoms with van der Waals surface area (Å²) in [5.74, 6) is -0.803. The molecular formula is C11H16O4. The highest BCUT2D eigenvalue weighted by molar-refractivity contribution is 5.70. The smallest absolute Gasteiger partial charge is 0.311 e. The number of carboxylic acid groups (broad SMARTS) is 1. The van der Waals surface area contributed by atoms with Crippen molar-refractivity contribution in [1.29, 1.82) is 0 Å². The molecule has 4 heteroatoms. The van der Waals surface area contributed by atoms with Crippen molar-refractivity contribution in [3.05, 3.63) is 12.2 Å². The first-order chi connectivity index (χ1) is 7.08. The van der Waals surface area contributed by atoms with Crippen molar-refractivity contribution >= 4 is 5.97 Å². The Bertz CT molecular complexity index is 284. The Balaban J connectivity index is 1.96. The number of fused-ring (bicyclic) bond motifs is 2. The van der Waals surface area contributed by atoms with Crippen molar-refractivity contribution in [2.45, 2.75) is 25.6 Å². The fourth-order valence-electron chi connectivity index (χ4n) is 2.84. The van der Waals surface area contributed by atoms with Crippen LogP contribution in [0, 0.1) is 23.7 Å². The third kappa shape index (κ3) is 2.06. The Labute approximate surface area is 88.2 Å². The highest BCUT2D eigenvalue weighted by Crippen LogP contribution is 2.46. The van der Waals surface area contributed by atoms with Crippen LogP contribution in [0.1, 0.15) is 19.3 Å². The van der Waals surface area contributed by atoms with E-state index >= 15 is 0 Å². The van der Waals surface area contributed by atoms with Crippen LogP contribution in [0.5, 0.6) is 0 Å². The Morgan fingerprint density at radius 2 is 2.07 bits per heavy atom. The summed E-state index contributed by atoms with van der Waals surface area (Å²) in [6, 6.07) is 0.